The van der Waals surface area contributed by atoms with Crippen LogP contribution in [-0.2, 0) is 6.54 Å². The molecule has 1 aromatic rings. The number of hydrogen-bond donors (Lipinski definition) is 2. The molecular weight excluding hydrogens is 290 g/mol. The number of ether oxygens (including phenoxy) is 2. The van der Waals surface area contributed by atoms with Crippen LogP contribution in [0.1, 0.15) is 45.6 Å². The molecule has 0 amide bonds. The summed E-state index contributed by atoms with van der Waals surface area (Å²) in [6.07, 6.45) is 3.51. The third-order valence-corrected chi connectivity index (χ3v) is 3.54. The molecule has 0 atom stereocenters. The highest BCUT2D eigenvalue weighted by Crippen LogP contribution is 2.27. The van der Waals surface area contributed by atoms with Gasteiger partial charge < -0.3 is 20.5 Å². The van der Waals surface area contributed by atoms with Gasteiger partial charge in [-0.3, -0.25) is 0 Å². The average Bonchev–Trinajstić information content (AvgIpc) is 2.51. The van der Waals surface area contributed by atoms with Gasteiger partial charge in [0, 0.05) is 6.54 Å². The molecule has 0 heterocycles. The van der Waals surface area contributed by atoms with Crippen molar-refractivity contribution in [3.8, 4) is 11.5 Å². The number of guanidine groups is 1. The smallest absolute Gasteiger partial charge is 0.188 e. The number of unbranched alkanes of at least 4 members (excludes halogenated alkanes) is 1. The largest absolute Gasteiger partial charge is 0.493 e. The van der Waals surface area contributed by atoms with Gasteiger partial charge in [-0.15, -0.1) is 0 Å². The minimum atomic E-state index is 0.396. The Morgan fingerprint density at radius 3 is 2.43 bits per heavy atom. The van der Waals surface area contributed by atoms with E-state index in [1.54, 1.807) is 14.2 Å². The van der Waals surface area contributed by atoms with Crippen LogP contribution in [-0.4, -0.2) is 26.7 Å². The van der Waals surface area contributed by atoms with E-state index >= 15 is 0 Å². The first-order valence-electron chi connectivity index (χ1n) is 8.10. The summed E-state index contributed by atoms with van der Waals surface area (Å²) < 4.78 is 10.5. The van der Waals surface area contributed by atoms with Crippen LogP contribution in [0.25, 0.3) is 0 Å². The molecule has 0 saturated carbocycles. The first kappa shape index (κ1) is 19.1. The molecule has 0 radical (unpaired) electrons. The van der Waals surface area contributed by atoms with Crippen LogP contribution in [0.2, 0.25) is 0 Å². The van der Waals surface area contributed by atoms with Crippen molar-refractivity contribution in [3.63, 3.8) is 0 Å². The molecule has 0 aliphatic heterocycles. The summed E-state index contributed by atoms with van der Waals surface area (Å²) in [6.45, 7) is 8.16. The lowest BCUT2D eigenvalue weighted by Gasteiger charge is -2.17. The summed E-state index contributed by atoms with van der Waals surface area (Å²) in [6, 6.07) is 5.75. The van der Waals surface area contributed by atoms with Gasteiger partial charge >= 0.3 is 0 Å². The predicted octanol–water partition coefficient (Wildman–Crippen LogP) is 3.32. The van der Waals surface area contributed by atoms with Crippen molar-refractivity contribution in [1.82, 2.24) is 5.32 Å². The van der Waals surface area contributed by atoms with E-state index in [-0.39, 0.29) is 0 Å². The second-order valence-corrected chi connectivity index (χ2v) is 6.84. The SMILES string of the molecule is COc1ccc(CN=C(N)NCCCCC(C)(C)C)cc1OC. The topological polar surface area (TPSA) is 68.9 Å². The maximum atomic E-state index is 5.90. The molecule has 0 aromatic heterocycles. The van der Waals surface area contributed by atoms with E-state index in [0.717, 1.165) is 18.5 Å². The Labute approximate surface area is 140 Å². The normalized spacial score (nSPS) is 12.1. The van der Waals surface area contributed by atoms with Crippen molar-refractivity contribution in [1.29, 1.82) is 0 Å². The second kappa shape index (κ2) is 9.28. The van der Waals surface area contributed by atoms with E-state index in [0.29, 0.717) is 29.4 Å². The predicted molar refractivity (Wildman–Crippen MR) is 96.2 cm³/mol. The quantitative estimate of drug-likeness (QED) is 0.438. The Kier molecular flexibility index (Phi) is 7.72. The van der Waals surface area contributed by atoms with Crippen LogP contribution in [0.15, 0.2) is 23.2 Å². The fourth-order valence-corrected chi connectivity index (χ4v) is 2.21. The van der Waals surface area contributed by atoms with Gasteiger partial charge in [0.25, 0.3) is 0 Å². The highest BCUT2D eigenvalue weighted by Gasteiger charge is 2.08. The van der Waals surface area contributed by atoms with Gasteiger partial charge in [0.15, 0.2) is 17.5 Å². The van der Waals surface area contributed by atoms with Gasteiger partial charge in [-0.1, -0.05) is 33.3 Å². The van der Waals surface area contributed by atoms with Crippen molar-refractivity contribution < 1.29 is 9.47 Å². The summed E-state index contributed by atoms with van der Waals surface area (Å²) in [5, 5.41) is 3.16. The van der Waals surface area contributed by atoms with Gasteiger partial charge in [0.05, 0.1) is 20.8 Å². The molecule has 0 bridgehead atoms. The number of benzene rings is 1. The van der Waals surface area contributed by atoms with Gasteiger partial charge in [0.2, 0.25) is 0 Å². The minimum Gasteiger partial charge on any atom is -0.493 e. The molecule has 0 aliphatic carbocycles. The number of hydrogen-bond acceptors (Lipinski definition) is 3. The molecule has 0 fully saturated rings. The van der Waals surface area contributed by atoms with Crippen LogP contribution >= 0.6 is 0 Å². The summed E-state index contributed by atoms with van der Waals surface area (Å²) >= 11 is 0. The molecule has 1 aromatic carbocycles. The maximum Gasteiger partial charge on any atom is 0.188 e. The summed E-state index contributed by atoms with van der Waals surface area (Å²) in [7, 11) is 3.25. The number of methoxy groups -OCH3 is 2. The first-order valence-corrected chi connectivity index (χ1v) is 8.10. The summed E-state index contributed by atoms with van der Waals surface area (Å²) in [5.74, 6) is 1.90. The molecule has 23 heavy (non-hydrogen) atoms. The lowest BCUT2D eigenvalue weighted by molar-refractivity contribution is 0.354. The average molecular weight is 321 g/mol. The van der Waals surface area contributed by atoms with Gasteiger partial charge in [-0.2, -0.15) is 0 Å². The number of nitrogens with zero attached hydrogens (tertiary/aromatic N) is 1. The van der Waals surface area contributed by atoms with E-state index in [1.807, 2.05) is 18.2 Å². The number of rotatable bonds is 8. The molecule has 0 unspecified atom stereocenters. The van der Waals surface area contributed by atoms with E-state index in [2.05, 4.69) is 31.1 Å². The van der Waals surface area contributed by atoms with Crippen LogP contribution in [0.5, 0.6) is 11.5 Å². The number of aliphatic imine (C=N–C) groups is 1. The summed E-state index contributed by atoms with van der Waals surface area (Å²) in [5.41, 5.74) is 7.32. The van der Waals surface area contributed by atoms with Crippen LogP contribution in [0, 0.1) is 5.41 Å². The van der Waals surface area contributed by atoms with E-state index in [4.69, 9.17) is 15.2 Å². The molecule has 5 nitrogen and oxygen atoms in total. The molecular formula is C18H31N3O2. The van der Waals surface area contributed by atoms with Crippen molar-refractivity contribution in [2.24, 2.45) is 16.1 Å². The van der Waals surface area contributed by atoms with E-state index in [1.165, 1.54) is 12.8 Å². The zero-order chi connectivity index (χ0) is 17.3. The Bertz CT molecular complexity index is 507. The molecule has 3 N–H and O–H groups in total. The Balaban J connectivity index is 2.39. The van der Waals surface area contributed by atoms with Crippen molar-refractivity contribution in [2.75, 3.05) is 20.8 Å². The molecule has 5 heteroatoms. The Morgan fingerprint density at radius 2 is 1.83 bits per heavy atom. The van der Waals surface area contributed by atoms with Gasteiger partial charge in [-0.25, -0.2) is 4.99 Å². The van der Waals surface area contributed by atoms with Crippen LogP contribution in [0.3, 0.4) is 0 Å². The maximum absolute atomic E-state index is 5.90. The van der Waals surface area contributed by atoms with E-state index < -0.39 is 0 Å². The summed E-state index contributed by atoms with van der Waals surface area (Å²) in [4.78, 5) is 4.36. The van der Waals surface area contributed by atoms with Crippen LogP contribution < -0.4 is 20.5 Å². The lowest BCUT2D eigenvalue weighted by atomic mass is 9.90. The molecule has 1 rings (SSSR count). The third kappa shape index (κ3) is 7.77. The highest BCUT2D eigenvalue weighted by atomic mass is 16.5. The molecule has 0 aliphatic rings. The van der Waals surface area contributed by atoms with Crippen molar-refractivity contribution in [2.45, 2.75) is 46.6 Å². The Morgan fingerprint density at radius 1 is 1.13 bits per heavy atom. The molecule has 130 valence electrons. The zero-order valence-corrected chi connectivity index (χ0v) is 15.1. The fourth-order valence-electron chi connectivity index (χ4n) is 2.21. The number of nitrogens with one attached hydrogen (secondary N) is 1. The molecule has 0 spiro atoms. The van der Waals surface area contributed by atoms with E-state index in [9.17, 15) is 0 Å². The van der Waals surface area contributed by atoms with Crippen LogP contribution in [0.4, 0.5) is 0 Å². The highest BCUT2D eigenvalue weighted by molar-refractivity contribution is 5.77. The van der Waals surface area contributed by atoms with Crippen molar-refractivity contribution in [3.05, 3.63) is 23.8 Å². The third-order valence-electron chi connectivity index (χ3n) is 3.54. The minimum absolute atomic E-state index is 0.396. The first-order chi connectivity index (χ1) is 10.9. The van der Waals surface area contributed by atoms with Crippen molar-refractivity contribution >= 4 is 5.96 Å². The lowest BCUT2D eigenvalue weighted by Crippen LogP contribution is -2.32. The monoisotopic (exact) mass is 321 g/mol. The molecule has 0 saturated heterocycles. The van der Waals surface area contributed by atoms with Gasteiger partial charge in [-0.05, 0) is 36.0 Å². The Hall–Kier alpha value is -1.91. The zero-order valence-electron chi connectivity index (χ0n) is 15.1. The fraction of sp³-hybridized carbons (Fsp3) is 0.611. The number of nitrogens with two attached hydrogens (primary N) is 1. The standard InChI is InChI=1S/C18H31N3O2/c1-18(2,3)10-6-7-11-20-17(19)21-13-14-8-9-15(22-4)16(12-14)23-5/h8-9,12H,6-7,10-11,13H2,1-5H3,(H3,19,20,21). The van der Waals surface area contributed by atoms with Gasteiger partial charge in [0.1, 0.15) is 0 Å². The second-order valence-electron chi connectivity index (χ2n) is 6.84.